The second-order valence-corrected chi connectivity index (χ2v) is 6.86. The predicted octanol–water partition coefficient (Wildman–Crippen LogP) is 2.79. The molecule has 0 aliphatic heterocycles. The van der Waals surface area contributed by atoms with Crippen LogP contribution in [0.1, 0.15) is 12.5 Å². The van der Waals surface area contributed by atoms with Gasteiger partial charge in [-0.25, -0.2) is 13.1 Å². The van der Waals surface area contributed by atoms with Gasteiger partial charge in [0.1, 0.15) is 5.75 Å². The van der Waals surface area contributed by atoms with Gasteiger partial charge in [-0.15, -0.1) is 0 Å². The van der Waals surface area contributed by atoms with Crippen LogP contribution in [-0.2, 0) is 21.2 Å². The fraction of sp³-hybridized carbons (Fsp3) is 0.188. The molecule has 0 aromatic heterocycles. The summed E-state index contributed by atoms with van der Waals surface area (Å²) in [5.41, 5.74) is 0.692. The minimum Gasteiger partial charge on any atom is -0.494 e. The molecule has 0 aliphatic rings. The first-order chi connectivity index (χ1) is 10.9. The van der Waals surface area contributed by atoms with Crippen LogP contribution in [0.25, 0.3) is 0 Å². The molecule has 0 bridgehead atoms. The van der Waals surface area contributed by atoms with Crippen molar-refractivity contribution in [2.24, 2.45) is 0 Å². The lowest BCUT2D eigenvalue weighted by molar-refractivity contribution is -0.118. The highest BCUT2D eigenvalue weighted by molar-refractivity contribution is 7.90. The molecule has 0 atom stereocenters. The summed E-state index contributed by atoms with van der Waals surface area (Å²) in [7, 11) is -3.90. The quantitative estimate of drug-likeness (QED) is 0.866. The third kappa shape index (κ3) is 4.97. The largest absolute Gasteiger partial charge is 0.494 e. The molecule has 2 aromatic rings. The van der Waals surface area contributed by atoms with Crippen LogP contribution in [-0.4, -0.2) is 20.9 Å². The Morgan fingerprint density at radius 3 is 2.26 bits per heavy atom. The van der Waals surface area contributed by atoms with E-state index in [1.54, 1.807) is 24.3 Å². The number of hydrogen-bond acceptors (Lipinski definition) is 4. The van der Waals surface area contributed by atoms with Gasteiger partial charge in [0, 0.05) is 5.02 Å². The van der Waals surface area contributed by atoms with Crippen LogP contribution in [0.5, 0.6) is 5.75 Å². The van der Waals surface area contributed by atoms with E-state index < -0.39 is 15.9 Å². The summed E-state index contributed by atoms with van der Waals surface area (Å²) >= 11 is 5.72. The van der Waals surface area contributed by atoms with E-state index >= 15 is 0 Å². The highest BCUT2D eigenvalue weighted by Crippen LogP contribution is 2.15. The van der Waals surface area contributed by atoms with Gasteiger partial charge < -0.3 is 4.74 Å². The number of nitrogens with one attached hydrogen (secondary N) is 1. The molecule has 0 radical (unpaired) electrons. The molecule has 0 saturated heterocycles. The minimum atomic E-state index is -3.90. The van der Waals surface area contributed by atoms with Crippen molar-refractivity contribution in [3.8, 4) is 5.75 Å². The number of amides is 1. The lowest BCUT2D eigenvalue weighted by Gasteiger charge is -2.08. The summed E-state index contributed by atoms with van der Waals surface area (Å²) in [6.45, 7) is 2.43. The van der Waals surface area contributed by atoms with Crippen molar-refractivity contribution in [3.63, 3.8) is 0 Å². The molecular weight excluding hydrogens is 338 g/mol. The van der Waals surface area contributed by atoms with Crippen molar-refractivity contribution < 1.29 is 17.9 Å². The van der Waals surface area contributed by atoms with Gasteiger partial charge >= 0.3 is 0 Å². The number of hydrogen-bond donors (Lipinski definition) is 1. The SMILES string of the molecule is CCOc1ccc(CC(=O)NS(=O)(=O)c2ccc(Cl)cc2)cc1. The summed E-state index contributed by atoms with van der Waals surface area (Å²) in [5.74, 6) is 0.0922. The maximum Gasteiger partial charge on any atom is 0.264 e. The first kappa shape index (κ1) is 17.3. The standard InChI is InChI=1S/C16H16ClNO4S/c1-2-22-14-7-3-12(4-8-14)11-16(19)18-23(20,21)15-9-5-13(17)6-10-15/h3-10H,2,11H2,1H3,(H,18,19). The predicted molar refractivity (Wildman–Crippen MR) is 88.1 cm³/mol. The summed E-state index contributed by atoms with van der Waals surface area (Å²) < 4.78 is 31.5. The number of carbonyl (C=O) groups excluding carboxylic acids is 1. The van der Waals surface area contributed by atoms with Crippen LogP contribution in [0.15, 0.2) is 53.4 Å². The Morgan fingerprint density at radius 2 is 1.70 bits per heavy atom. The molecular formula is C16H16ClNO4S. The Labute approximate surface area is 140 Å². The summed E-state index contributed by atoms with van der Waals surface area (Å²) in [5, 5.41) is 0.421. The van der Waals surface area contributed by atoms with Crippen molar-refractivity contribution in [3.05, 3.63) is 59.1 Å². The van der Waals surface area contributed by atoms with Crippen molar-refractivity contribution in [1.29, 1.82) is 0 Å². The number of benzene rings is 2. The van der Waals surface area contributed by atoms with E-state index in [2.05, 4.69) is 0 Å². The van der Waals surface area contributed by atoms with Crippen LogP contribution >= 0.6 is 11.6 Å². The van der Waals surface area contributed by atoms with Gasteiger partial charge in [-0.05, 0) is 48.9 Å². The van der Waals surface area contributed by atoms with Gasteiger partial charge in [0.05, 0.1) is 17.9 Å². The van der Waals surface area contributed by atoms with E-state index in [9.17, 15) is 13.2 Å². The highest BCUT2D eigenvalue weighted by atomic mass is 35.5. The van der Waals surface area contributed by atoms with E-state index in [4.69, 9.17) is 16.3 Å². The number of sulfonamides is 1. The van der Waals surface area contributed by atoms with Crippen molar-refractivity contribution in [2.75, 3.05) is 6.61 Å². The lowest BCUT2D eigenvalue weighted by atomic mass is 10.1. The number of rotatable bonds is 6. The molecule has 2 rings (SSSR count). The number of halogens is 1. The fourth-order valence-corrected chi connectivity index (χ4v) is 3.02. The zero-order chi connectivity index (χ0) is 16.9. The van der Waals surface area contributed by atoms with Crippen LogP contribution < -0.4 is 9.46 Å². The fourth-order valence-electron chi connectivity index (χ4n) is 1.91. The van der Waals surface area contributed by atoms with Gasteiger partial charge in [0.25, 0.3) is 10.0 Å². The lowest BCUT2D eigenvalue weighted by Crippen LogP contribution is -2.31. The topological polar surface area (TPSA) is 72.5 Å². The molecule has 122 valence electrons. The third-order valence-electron chi connectivity index (χ3n) is 2.97. The maximum atomic E-state index is 12.1. The molecule has 23 heavy (non-hydrogen) atoms. The van der Waals surface area contributed by atoms with Crippen molar-refractivity contribution >= 4 is 27.5 Å². The minimum absolute atomic E-state index is 0.0121. The van der Waals surface area contributed by atoms with Gasteiger partial charge in [0.2, 0.25) is 5.91 Å². The molecule has 0 aliphatic carbocycles. The highest BCUT2D eigenvalue weighted by Gasteiger charge is 2.17. The van der Waals surface area contributed by atoms with Crippen molar-refractivity contribution in [2.45, 2.75) is 18.2 Å². The van der Waals surface area contributed by atoms with Crippen LogP contribution in [0, 0.1) is 0 Å². The Hall–Kier alpha value is -2.05. The zero-order valence-electron chi connectivity index (χ0n) is 12.5. The second kappa shape index (κ2) is 7.48. The van der Waals surface area contributed by atoms with Crippen molar-refractivity contribution in [1.82, 2.24) is 4.72 Å². The summed E-state index contributed by atoms with van der Waals surface area (Å²) in [4.78, 5) is 11.9. The van der Waals surface area contributed by atoms with E-state index in [1.165, 1.54) is 24.3 Å². The monoisotopic (exact) mass is 353 g/mol. The molecule has 0 saturated carbocycles. The van der Waals surface area contributed by atoms with E-state index in [0.29, 0.717) is 22.9 Å². The molecule has 0 unspecified atom stereocenters. The molecule has 1 N–H and O–H groups in total. The third-order valence-corrected chi connectivity index (χ3v) is 4.61. The smallest absolute Gasteiger partial charge is 0.264 e. The van der Waals surface area contributed by atoms with Crippen LogP contribution in [0.3, 0.4) is 0 Å². The summed E-state index contributed by atoms with van der Waals surface area (Å²) in [6, 6.07) is 12.5. The van der Waals surface area contributed by atoms with Gasteiger partial charge in [0.15, 0.2) is 0 Å². The molecule has 2 aromatic carbocycles. The average Bonchev–Trinajstić information content (AvgIpc) is 2.49. The molecule has 1 amide bonds. The van der Waals surface area contributed by atoms with E-state index in [-0.39, 0.29) is 11.3 Å². The first-order valence-corrected chi connectivity index (χ1v) is 8.80. The maximum absolute atomic E-state index is 12.1. The molecule has 0 spiro atoms. The van der Waals surface area contributed by atoms with Crippen LogP contribution in [0.4, 0.5) is 0 Å². The van der Waals surface area contributed by atoms with E-state index in [0.717, 1.165) is 0 Å². The molecule has 0 fully saturated rings. The van der Waals surface area contributed by atoms with Gasteiger partial charge in [-0.3, -0.25) is 4.79 Å². The van der Waals surface area contributed by atoms with Gasteiger partial charge in [-0.1, -0.05) is 23.7 Å². The Kier molecular flexibility index (Phi) is 5.63. The number of carbonyl (C=O) groups is 1. The Bertz CT molecular complexity index is 771. The molecule has 7 heteroatoms. The molecule has 0 heterocycles. The van der Waals surface area contributed by atoms with Crippen LogP contribution in [0.2, 0.25) is 5.02 Å². The number of ether oxygens (including phenoxy) is 1. The average molecular weight is 354 g/mol. The second-order valence-electron chi connectivity index (χ2n) is 4.74. The Balaban J connectivity index is 2.02. The molecule has 5 nitrogen and oxygen atoms in total. The normalized spacial score (nSPS) is 11.0. The van der Waals surface area contributed by atoms with E-state index in [1.807, 2.05) is 11.6 Å². The zero-order valence-corrected chi connectivity index (χ0v) is 14.0. The summed E-state index contributed by atoms with van der Waals surface area (Å²) in [6.07, 6.45) is -0.0424. The van der Waals surface area contributed by atoms with Gasteiger partial charge in [-0.2, -0.15) is 0 Å². The first-order valence-electron chi connectivity index (χ1n) is 6.93. The Morgan fingerprint density at radius 1 is 1.09 bits per heavy atom.